The number of benzene rings is 1. The number of quaternary nitrogens is 1. The molecule has 5 rings (SSSR count). The van der Waals surface area contributed by atoms with Gasteiger partial charge in [-0.2, -0.15) is 0 Å². The zero-order chi connectivity index (χ0) is 21.5. The van der Waals surface area contributed by atoms with Gasteiger partial charge in [0.2, 0.25) is 0 Å². The number of likely N-dealkylation sites (N-methyl/N-ethyl adjacent to an activating group) is 1. The first-order valence-corrected chi connectivity index (χ1v) is 9.48. The molecule has 26 heavy (non-hydrogen) atoms. The summed E-state index contributed by atoms with van der Waals surface area (Å²) >= 11 is 0. The van der Waals surface area contributed by atoms with Crippen LogP contribution in [0.4, 0.5) is 0 Å². The molecule has 3 heterocycles. The van der Waals surface area contributed by atoms with Gasteiger partial charge in [-0.15, -0.1) is 0 Å². The normalized spacial score (nSPS) is 47.5. The molecule has 1 N–H and O–H groups in total. The van der Waals surface area contributed by atoms with Gasteiger partial charge in [-0.25, -0.2) is 0 Å². The average Bonchev–Trinajstić information content (AvgIpc) is 3.53. The molecule has 4 fully saturated rings. The Morgan fingerprint density at radius 3 is 2.54 bits per heavy atom. The topological polar surface area (TPSA) is 59.1 Å². The molecular formula is C21H28NO4+. The second kappa shape index (κ2) is 6.04. The Labute approximate surface area is 160 Å². The first kappa shape index (κ1) is 12.9. The minimum Gasteiger partial charge on any atom is -0.461 e. The lowest BCUT2D eigenvalue weighted by atomic mass is 9.94. The van der Waals surface area contributed by atoms with E-state index in [9.17, 15) is 9.90 Å². The van der Waals surface area contributed by atoms with Crippen LogP contribution in [0.25, 0.3) is 0 Å². The number of nitrogens with zero attached hydrogens (tertiary/aromatic N) is 1. The van der Waals surface area contributed by atoms with E-state index >= 15 is 0 Å². The molecule has 5 nitrogen and oxygen atoms in total. The number of aliphatic hydroxyl groups excluding tert-OH is 1. The summed E-state index contributed by atoms with van der Waals surface area (Å²) in [5.41, 5.74) is 0.730. The quantitative estimate of drug-likeness (QED) is 0.477. The van der Waals surface area contributed by atoms with Crippen LogP contribution in [0.15, 0.2) is 30.3 Å². The Hall–Kier alpha value is -1.43. The Balaban J connectivity index is 1.28. The number of carbonyl (C=O) groups is 1. The van der Waals surface area contributed by atoms with Crippen molar-refractivity contribution in [1.82, 2.24) is 0 Å². The molecule has 1 aromatic carbocycles. The first-order chi connectivity index (χ1) is 14.1. The lowest BCUT2D eigenvalue weighted by Crippen LogP contribution is -2.63. The van der Waals surface area contributed by atoms with Gasteiger partial charge in [0, 0.05) is 24.2 Å². The molecule has 5 heteroatoms. The van der Waals surface area contributed by atoms with Crippen molar-refractivity contribution in [3.8, 4) is 0 Å². The molecule has 1 aromatic rings. The number of rotatable bonds is 6. The van der Waals surface area contributed by atoms with Crippen LogP contribution in [0.2, 0.25) is 0 Å². The molecule has 0 spiro atoms. The van der Waals surface area contributed by atoms with Gasteiger partial charge in [-0.1, -0.05) is 30.3 Å². The Morgan fingerprint density at radius 1 is 1.31 bits per heavy atom. The fourth-order valence-electron chi connectivity index (χ4n) is 5.22. The Bertz CT molecular complexity index is 819. The number of esters is 1. The maximum Gasteiger partial charge on any atom is 0.316 e. The number of ether oxygens (including phenoxy) is 2. The molecule has 0 amide bonds. The van der Waals surface area contributed by atoms with Crippen molar-refractivity contribution in [2.45, 2.75) is 61.9 Å². The van der Waals surface area contributed by atoms with Crippen molar-refractivity contribution in [3.63, 3.8) is 0 Å². The number of piperidine rings is 1. The van der Waals surface area contributed by atoms with Gasteiger partial charge in [0.1, 0.15) is 36.3 Å². The lowest BCUT2D eigenvalue weighted by Gasteiger charge is -2.48. The standard InChI is InChI=1S/C21H28NO4/c1-22(11-13-7-8-13)17-9-15(10-18(22)20-19(17)26-20)25-21(24)16(12-23)14-5-3-2-4-6-14/h2-6,13,15-20,23H,7-12H2,1H3/q+1/t15?,16-,17-,18+,19-,20+,22?/m1/s1/i7D2,8D2. The van der Waals surface area contributed by atoms with E-state index in [1.54, 1.807) is 12.1 Å². The SMILES string of the molecule is [2H]C1([2H])C(C[N+]2(C)[C@@H]3CC(OC(=O)[C@H](CO)c4ccccc4)C[C@H]2[C@@H]2O[C@@H]23)C1([2H])[2H]. The third-order valence-electron chi connectivity index (χ3n) is 6.72. The number of fused-ring (bicyclic) bond motifs is 5. The predicted octanol–water partition coefficient (Wildman–Crippen LogP) is 1.84. The molecule has 2 bridgehead atoms. The third kappa shape index (κ3) is 2.68. The summed E-state index contributed by atoms with van der Waals surface area (Å²) in [6.07, 6.45) is -2.43. The van der Waals surface area contributed by atoms with Crippen LogP contribution in [-0.4, -0.2) is 66.2 Å². The highest BCUT2D eigenvalue weighted by atomic mass is 16.6. The second-order valence-electron chi connectivity index (χ2n) is 8.25. The molecule has 0 aromatic heterocycles. The van der Waals surface area contributed by atoms with Crippen molar-refractivity contribution in [3.05, 3.63) is 35.9 Å². The molecule has 7 atom stereocenters. The smallest absolute Gasteiger partial charge is 0.316 e. The minimum atomic E-state index is -1.79. The van der Waals surface area contributed by atoms with Gasteiger partial charge in [0.15, 0.2) is 0 Å². The summed E-state index contributed by atoms with van der Waals surface area (Å²) in [6, 6.07) is 9.27. The van der Waals surface area contributed by atoms with Crippen molar-refractivity contribution in [1.29, 1.82) is 0 Å². The molecule has 140 valence electrons. The van der Waals surface area contributed by atoms with Crippen LogP contribution in [-0.2, 0) is 14.3 Å². The van der Waals surface area contributed by atoms with E-state index in [0.717, 1.165) is 5.56 Å². The molecule has 2 unspecified atom stereocenters. The van der Waals surface area contributed by atoms with Gasteiger partial charge in [0.05, 0.1) is 20.2 Å². The fourth-order valence-corrected chi connectivity index (χ4v) is 5.22. The van der Waals surface area contributed by atoms with Crippen LogP contribution in [0, 0.1) is 5.92 Å². The highest BCUT2D eigenvalue weighted by molar-refractivity contribution is 5.78. The van der Waals surface area contributed by atoms with Gasteiger partial charge in [0.25, 0.3) is 0 Å². The Kier molecular flexibility index (Phi) is 2.99. The van der Waals surface area contributed by atoms with Gasteiger partial charge >= 0.3 is 5.97 Å². The van der Waals surface area contributed by atoms with E-state index in [1.165, 1.54) is 0 Å². The van der Waals surface area contributed by atoms with Crippen LogP contribution in [0.5, 0.6) is 0 Å². The second-order valence-corrected chi connectivity index (χ2v) is 8.25. The molecule has 1 saturated carbocycles. The summed E-state index contributed by atoms with van der Waals surface area (Å²) in [6.45, 7) is 0.131. The molecular weight excluding hydrogens is 330 g/mol. The molecule has 3 aliphatic heterocycles. The summed E-state index contributed by atoms with van der Waals surface area (Å²) < 4.78 is 44.1. The van der Waals surface area contributed by atoms with Crippen molar-refractivity contribution >= 4 is 5.97 Å². The number of epoxide rings is 1. The molecule has 3 saturated heterocycles. The zero-order valence-electron chi connectivity index (χ0n) is 18.9. The van der Waals surface area contributed by atoms with Gasteiger partial charge < -0.3 is 19.1 Å². The fraction of sp³-hybridized carbons (Fsp3) is 0.667. The summed E-state index contributed by atoms with van der Waals surface area (Å²) in [4.78, 5) is 12.8. The molecule has 4 aliphatic rings. The first-order valence-electron chi connectivity index (χ1n) is 11.5. The van der Waals surface area contributed by atoms with E-state index in [-0.39, 0.29) is 37.0 Å². The summed E-state index contributed by atoms with van der Waals surface area (Å²) in [7, 11) is 2.08. The predicted molar refractivity (Wildman–Crippen MR) is 95.4 cm³/mol. The maximum atomic E-state index is 12.8. The minimum absolute atomic E-state index is 0.0723. The van der Waals surface area contributed by atoms with Crippen LogP contribution >= 0.6 is 0 Å². The number of aliphatic hydroxyl groups is 1. The summed E-state index contributed by atoms with van der Waals surface area (Å²) in [5, 5.41) is 9.74. The van der Waals surface area contributed by atoms with Crippen molar-refractivity contribution < 1.29 is 29.3 Å². The highest BCUT2D eigenvalue weighted by Gasteiger charge is 2.72. The highest BCUT2D eigenvalue weighted by Crippen LogP contribution is 2.54. The largest absolute Gasteiger partial charge is 0.461 e. The number of hydrogen-bond acceptors (Lipinski definition) is 4. The van der Waals surface area contributed by atoms with E-state index in [4.69, 9.17) is 15.0 Å². The number of carbonyl (C=O) groups excluding carboxylic acids is 1. The molecule has 0 radical (unpaired) electrons. The van der Waals surface area contributed by atoms with Crippen LogP contribution in [0.1, 0.15) is 42.6 Å². The van der Waals surface area contributed by atoms with Crippen molar-refractivity contribution in [2.75, 3.05) is 20.2 Å². The lowest BCUT2D eigenvalue weighted by molar-refractivity contribution is -0.957. The molecule has 1 aliphatic carbocycles. The third-order valence-corrected chi connectivity index (χ3v) is 6.72. The van der Waals surface area contributed by atoms with Crippen molar-refractivity contribution in [2.24, 2.45) is 5.92 Å². The summed E-state index contributed by atoms with van der Waals surface area (Å²) in [5.74, 6) is -1.74. The van der Waals surface area contributed by atoms with E-state index in [0.29, 0.717) is 23.9 Å². The number of hydrogen-bond donors (Lipinski definition) is 1. The van der Waals surface area contributed by atoms with Crippen LogP contribution in [0.3, 0.4) is 0 Å². The monoisotopic (exact) mass is 362 g/mol. The van der Waals surface area contributed by atoms with E-state index in [2.05, 4.69) is 7.05 Å². The van der Waals surface area contributed by atoms with E-state index < -0.39 is 30.6 Å². The maximum absolute atomic E-state index is 12.8. The van der Waals surface area contributed by atoms with Crippen LogP contribution < -0.4 is 0 Å². The zero-order valence-corrected chi connectivity index (χ0v) is 14.9. The Morgan fingerprint density at radius 2 is 1.96 bits per heavy atom. The van der Waals surface area contributed by atoms with E-state index in [1.807, 2.05) is 18.2 Å². The van der Waals surface area contributed by atoms with Gasteiger partial charge in [-0.05, 0) is 18.3 Å². The average molecular weight is 362 g/mol. The number of morpholine rings is 1. The van der Waals surface area contributed by atoms with Gasteiger partial charge in [-0.3, -0.25) is 4.79 Å².